The Labute approximate surface area is 173 Å². The van der Waals surface area contributed by atoms with Crippen LogP contribution in [0.15, 0.2) is 23.3 Å². The first-order valence-corrected chi connectivity index (χ1v) is 12.0. The van der Waals surface area contributed by atoms with Gasteiger partial charge in [-0.25, -0.2) is 0 Å². The lowest BCUT2D eigenvalue weighted by Crippen LogP contribution is -2.36. The van der Waals surface area contributed by atoms with Crippen LogP contribution in [-0.2, 0) is 0 Å². The van der Waals surface area contributed by atoms with Crippen LogP contribution in [0.5, 0.6) is 0 Å². The fourth-order valence-corrected chi connectivity index (χ4v) is 6.79. The third kappa shape index (κ3) is 5.11. The van der Waals surface area contributed by atoms with Crippen molar-refractivity contribution in [3.8, 4) is 0 Å². The molecule has 0 spiro atoms. The Balaban J connectivity index is 1.67. The molecule has 0 aromatic heterocycles. The van der Waals surface area contributed by atoms with E-state index in [-0.39, 0.29) is 12.2 Å². The van der Waals surface area contributed by atoms with Crippen molar-refractivity contribution in [1.29, 1.82) is 0 Å². The van der Waals surface area contributed by atoms with Gasteiger partial charge in [0.15, 0.2) is 0 Å². The molecule has 0 saturated heterocycles. The number of hydrogen-bond acceptors (Lipinski definition) is 2. The monoisotopic (exact) mass is 388 g/mol. The Morgan fingerprint density at radius 1 is 1.04 bits per heavy atom. The first kappa shape index (κ1) is 22.1. The van der Waals surface area contributed by atoms with Crippen LogP contribution < -0.4 is 0 Å². The molecule has 3 aliphatic carbocycles. The number of hydrogen-bond donors (Lipinski definition) is 2. The summed E-state index contributed by atoms with van der Waals surface area (Å²) in [6.07, 6.45) is 16.7. The lowest BCUT2D eigenvalue weighted by atomic mass is 9.60. The van der Waals surface area contributed by atoms with Crippen molar-refractivity contribution in [3.05, 3.63) is 23.3 Å². The van der Waals surface area contributed by atoms with Gasteiger partial charge >= 0.3 is 0 Å². The first-order chi connectivity index (χ1) is 13.3. The lowest BCUT2D eigenvalue weighted by Gasteiger charge is -2.44. The molecular formula is C26H44O2. The molecule has 160 valence electrons. The van der Waals surface area contributed by atoms with E-state index in [0.29, 0.717) is 11.8 Å². The fourth-order valence-electron chi connectivity index (χ4n) is 6.79. The number of aliphatic hydroxyl groups excluding tert-OH is 2. The van der Waals surface area contributed by atoms with Crippen LogP contribution >= 0.6 is 0 Å². The van der Waals surface area contributed by atoms with Crippen LogP contribution in [-0.4, -0.2) is 22.4 Å². The molecule has 0 bridgehead atoms. The summed E-state index contributed by atoms with van der Waals surface area (Å²) in [5, 5.41) is 19.9. The zero-order chi connectivity index (χ0) is 20.3. The highest BCUT2D eigenvalue weighted by Crippen LogP contribution is 2.59. The number of fused-ring (bicyclic) bond motifs is 1. The highest BCUT2D eigenvalue weighted by Gasteiger charge is 2.50. The van der Waals surface area contributed by atoms with E-state index in [0.717, 1.165) is 36.5 Å². The maximum absolute atomic E-state index is 9.96. The molecule has 0 radical (unpaired) electrons. The van der Waals surface area contributed by atoms with Gasteiger partial charge in [0.1, 0.15) is 0 Å². The van der Waals surface area contributed by atoms with E-state index in [4.69, 9.17) is 0 Å². The molecule has 2 N–H and O–H groups in total. The van der Waals surface area contributed by atoms with Crippen molar-refractivity contribution < 1.29 is 10.2 Å². The summed E-state index contributed by atoms with van der Waals surface area (Å²) in [5.74, 6) is 3.29. The van der Waals surface area contributed by atoms with E-state index in [9.17, 15) is 10.2 Å². The van der Waals surface area contributed by atoms with Crippen LogP contribution in [0.1, 0.15) is 98.3 Å². The summed E-state index contributed by atoms with van der Waals surface area (Å²) in [6, 6.07) is 0. The third-order valence-electron chi connectivity index (χ3n) is 8.24. The zero-order valence-electron chi connectivity index (χ0n) is 18.8. The first-order valence-electron chi connectivity index (χ1n) is 12.0. The van der Waals surface area contributed by atoms with Gasteiger partial charge in [-0.2, -0.15) is 0 Å². The molecule has 0 aromatic carbocycles. The minimum Gasteiger partial charge on any atom is -0.393 e. The average molecular weight is 389 g/mol. The molecule has 0 heterocycles. The van der Waals surface area contributed by atoms with Crippen LogP contribution in [0.3, 0.4) is 0 Å². The van der Waals surface area contributed by atoms with Gasteiger partial charge in [-0.05, 0) is 80.5 Å². The van der Waals surface area contributed by atoms with Gasteiger partial charge in [0.2, 0.25) is 0 Å². The van der Waals surface area contributed by atoms with Gasteiger partial charge < -0.3 is 10.2 Å². The van der Waals surface area contributed by atoms with E-state index in [2.05, 4.69) is 39.8 Å². The molecular weight excluding hydrogens is 344 g/mol. The second kappa shape index (κ2) is 9.47. The molecule has 6 atom stereocenters. The van der Waals surface area contributed by atoms with Gasteiger partial charge in [-0.1, -0.05) is 70.3 Å². The Bertz CT molecular complexity index is 563. The van der Waals surface area contributed by atoms with Crippen LogP contribution in [0.25, 0.3) is 0 Å². The van der Waals surface area contributed by atoms with Gasteiger partial charge in [0.05, 0.1) is 12.2 Å². The molecule has 2 unspecified atom stereocenters. The number of rotatable bonds is 6. The topological polar surface area (TPSA) is 40.5 Å². The van der Waals surface area contributed by atoms with E-state index in [1.54, 1.807) is 5.57 Å². The molecule has 2 heteroatoms. The smallest absolute Gasteiger partial charge is 0.0602 e. The highest BCUT2D eigenvalue weighted by atomic mass is 16.3. The van der Waals surface area contributed by atoms with Gasteiger partial charge in [-0.15, -0.1) is 0 Å². The molecule has 3 rings (SSSR count). The minimum atomic E-state index is -0.368. The van der Waals surface area contributed by atoms with E-state index in [1.807, 2.05) is 0 Å². The predicted molar refractivity (Wildman–Crippen MR) is 118 cm³/mol. The Kier molecular flexibility index (Phi) is 7.48. The lowest BCUT2D eigenvalue weighted by molar-refractivity contribution is 0.0609. The standard InChI is InChI=1S/C26H44O2/c1-18(2)7-5-8-19(3)24-12-13-25-21(9-6-14-26(24,25)4)11-10-20-15-22(27)17-23(28)16-20/h10-11,18-19,22-25,27-28H,5-9,12-17H2,1-4H3/b20-10?,21-11+/t19-,22-,23?,24-,25?,26-/m1/s1. The maximum Gasteiger partial charge on any atom is 0.0602 e. The van der Waals surface area contributed by atoms with Crippen LogP contribution in [0, 0.1) is 29.1 Å². The summed E-state index contributed by atoms with van der Waals surface area (Å²) in [5.41, 5.74) is 3.35. The van der Waals surface area contributed by atoms with Gasteiger partial charge in [-0.3, -0.25) is 0 Å². The maximum atomic E-state index is 9.96. The number of aliphatic hydroxyl groups is 2. The molecule has 0 aliphatic heterocycles. The average Bonchev–Trinajstić information content (AvgIpc) is 2.96. The summed E-state index contributed by atoms with van der Waals surface area (Å²) < 4.78 is 0. The molecule has 3 saturated carbocycles. The molecule has 2 nitrogen and oxygen atoms in total. The molecule has 0 amide bonds. The number of allylic oxidation sites excluding steroid dienone is 3. The van der Waals surface area contributed by atoms with Gasteiger partial charge in [0, 0.05) is 0 Å². The highest BCUT2D eigenvalue weighted by molar-refractivity contribution is 5.26. The van der Waals surface area contributed by atoms with Crippen molar-refractivity contribution in [3.63, 3.8) is 0 Å². The SMILES string of the molecule is CC(C)CCC[C@@H](C)[C@H]1CCC2/C(=C/C=C3CC(O)C[C@H](O)C3)CCC[C@@]21C. The van der Waals surface area contributed by atoms with E-state index in [1.165, 1.54) is 56.9 Å². The largest absolute Gasteiger partial charge is 0.393 e. The van der Waals surface area contributed by atoms with Crippen molar-refractivity contribution in [2.24, 2.45) is 29.1 Å². The van der Waals surface area contributed by atoms with Crippen molar-refractivity contribution in [2.75, 3.05) is 0 Å². The minimum absolute atomic E-state index is 0.368. The van der Waals surface area contributed by atoms with Crippen molar-refractivity contribution in [2.45, 2.75) is 111 Å². The van der Waals surface area contributed by atoms with E-state index >= 15 is 0 Å². The van der Waals surface area contributed by atoms with E-state index < -0.39 is 0 Å². The van der Waals surface area contributed by atoms with Crippen molar-refractivity contribution >= 4 is 0 Å². The quantitative estimate of drug-likeness (QED) is 0.551. The molecule has 0 aromatic rings. The molecule has 3 aliphatic rings. The Hall–Kier alpha value is -0.600. The molecule has 3 fully saturated rings. The van der Waals surface area contributed by atoms with Crippen LogP contribution in [0.4, 0.5) is 0 Å². The summed E-state index contributed by atoms with van der Waals surface area (Å²) in [7, 11) is 0. The summed E-state index contributed by atoms with van der Waals surface area (Å²) in [4.78, 5) is 0. The van der Waals surface area contributed by atoms with Gasteiger partial charge in [0.25, 0.3) is 0 Å². The fraction of sp³-hybridized carbons (Fsp3) is 0.846. The second-order valence-electron chi connectivity index (χ2n) is 10.9. The Morgan fingerprint density at radius 3 is 2.43 bits per heavy atom. The summed E-state index contributed by atoms with van der Waals surface area (Å²) >= 11 is 0. The second-order valence-corrected chi connectivity index (χ2v) is 10.9. The zero-order valence-corrected chi connectivity index (χ0v) is 18.8. The van der Waals surface area contributed by atoms with Crippen LogP contribution in [0.2, 0.25) is 0 Å². The summed E-state index contributed by atoms with van der Waals surface area (Å²) in [6.45, 7) is 9.79. The normalized spacial score (nSPS) is 40.2. The van der Waals surface area contributed by atoms with Crippen molar-refractivity contribution in [1.82, 2.24) is 0 Å². The third-order valence-corrected chi connectivity index (χ3v) is 8.24. The Morgan fingerprint density at radius 2 is 1.75 bits per heavy atom. The predicted octanol–water partition coefficient (Wildman–Crippen LogP) is 6.42. The molecule has 28 heavy (non-hydrogen) atoms.